The number of nitrogens with zero attached hydrogens (tertiary/aromatic N) is 1. The number of aromatic nitrogens is 1. The number of carbonyl (C=O) groups is 1. The van der Waals surface area contributed by atoms with Crippen LogP contribution >= 0.6 is 11.8 Å². The van der Waals surface area contributed by atoms with Gasteiger partial charge in [0, 0.05) is 16.8 Å². The number of methoxy groups -OCH3 is 1. The Balaban J connectivity index is 2.16. The molecule has 2 rings (SSSR count). The molecule has 0 radical (unpaired) electrons. The average molecular weight is 274 g/mol. The molecule has 5 heteroatoms. The first-order chi connectivity index (χ1) is 9.24. The molecule has 0 unspecified atom stereocenters. The third-order valence-electron chi connectivity index (χ3n) is 2.56. The van der Waals surface area contributed by atoms with Gasteiger partial charge in [0.25, 0.3) is 5.91 Å². The van der Waals surface area contributed by atoms with E-state index in [1.54, 1.807) is 30.1 Å². The fraction of sp³-hybridized carbons (Fsp3) is 0.143. The van der Waals surface area contributed by atoms with E-state index in [9.17, 15) is 4.79 Å². The zero-order valence-electron chi connectivity index (χ0n) is 10.7. The van der Waals surface area contributed by atoms with E-state index >= 15 is 0 Å². The van der Waals surface area contributed by atoms with Crippen LogP contribution in [-0.4, -0.2) is 24.3 Å². The normalized spacial score (nSPS) is 10.0. The second kappa shape index (κ2) is 6.24. The van der Waals surface area contributed by atoms with Crippen LogP contribution in [0.4, 0.5) is 5.69 Å². The van der Waals surface area contributed by atoms with Crippen LogP contribution in [0.25, 0.3) is 0 Å². The molecule has 1 aromatic heterocycles. The number of benzene rings is 1. The number of ether oxygens (including phenoxy) is 1. The first-order valence-electron chi connectivity index (χ1n) is 5.69. The van der Waals surface area contributed by atoms with Crippen molar-refractivity contribution in [3.63, 3.8) is 0 Å². The van der Waals surface area contributed by atoms with Crippen molar-refractivity contribution in [3.05, 3.63) is 48.2 Å². The molecule has 0 fully saturated rings. The lowest BCUT2D eigenvalue weighted by Gasteiger charge is -2.08. The molecule has 1 amide bonds. The van der Waals surface area contributed by atoms with Crippen molar-refractivity contribution < 1.29 is 9.53 Å². The average Bonchev–Trinajstić information content (AvgIpc) is 2.48. The van der Waals surface area contributed by atoms with Crippen molar-refractivity contribution in [1.29, 1.82) is 0 Å². The van der Waals surface area contributed by atoms with Gasteiger partial charge in [-0.25, -0.2) is 4.98 Å². The van der Waals surface area contributed by atoms with E-state index in [0.717, 1.165) is 10.6 Å². The second-order valence-electron chi connectivity index (χ2n) is 3.74. The minimum atomic E-state index is -0.234. The standard InChI is InChI=1S/C14H14N2O2S/c1-18-14-12(4-3-9-15-14)13(17)16-10-5-7-11(19-2)8-6-10/h3-9H,1-2H3,(H,16,17). The smallest absolute Gasteiger partial charge is 0.261 e. The van der Waals surface area contributed by atoms with Crippen LogP contribution < -0.4 is 10.1 Å². The molecular weight excluding hydrogens is 260 g/mol. The van der Waals surface area contributed by atoms with Crippen molar-refractivity contribution in [1.82, 2.24) is 4.98 Å². The molecule has 0 aliphatic heterocycles. The van der Waals surface area contributed by atoms with Crippen LogP contribution in [0.15, 0.2) is 47.5 Å². The lowest BCUT2D eigenvalue weighted by Crippen LogP contribution is -2.13. The van der Waals surface area contributed by atoms with Crippen molar-refractivity contribution in [2.45, 2.75) is 4.90 Å². The Morgan fingerprint density at radius 3 is 2.63 bits per heavy atom. The van der Waals surface area contributed by atoms with Crippen LogP contribution in [0.5, 0.6) is 5.88 Å². The molecule has 19 heavy (non-hydrogen) atoms. The summed E-state index contributed by atoms with van der Waals surface area (Å²) in [5.74, 6) is 0.0857. The van der Waals surface area contributed by atoms with Crippen molar-refractivity contribution in [2.24, 2.45) is 0 Å². The van der Waals surface area contributed by atoms with Crippen molar-refractivity contribution in [3.8, 4) is 5.88 Å². The molecule has 98 valence electrons. The number of carbonyl (C=O) groups excluding carboxylic acids is 1. The number of amides is 1. The van der Waals surface area contributed by atoms with E-state index in [1.807, 2.05) is 30.5 Å². The van der Waals surface area contributed by atoms with E-state index in [-0.39, 0.29) is 5.91 Å². The van der Waals surface area contributed by atoms with E-state index in [0.29, 0.717) is 11.4 Å². The van der Waals surface area contributed by atoms with E-state index in [1.165, 1.54) is 7.11 Å². The molecule has 4 nitrogen and oxygen atoms in total. The minimum absolute atomic E-state index is 0.234. The Kier molecular flexibility index (Phi) is 4.41. The van der Waals surface area contributed by atoms with E-state index in [2.05, 4.69) is 10.3 Å². The van der Waals surface area contributed by atoms with Gasteiger partial charge >= 0.3 is 0 Å². The Bertz CT molecular complexity index is 570. The zero-order valence-corrected chi connectivity index (χ0v) is 11.5. The molecule has 0 aliphatic carbocycles. The number of rotatable bonds is 4. The van der Waals surface area contributed by atoms with Crippen LogP contribution in [0.2, 0.25) is 0 Å². The molecule has 0 aliphatic rings. The number of hydrogen-bond acceptors (Lipinski definition) is 4. The minimum Gasteiger partial charge on any atom is -0.480 e. The van der Waals surface area contributed by atoms with Gasteiger partial charge in [0.05, 0.1) is 7.11 Å². The molecule has 0 atom stereocenters. The highest BCUT2D eigenvalue weighted by molar-refractivity contribution is 7.98. The number of pyridine rings is 1. The molecule has 1 aromatic carbocycles. The monoisotopic (exact) mass is 274 g/mol. The van der Waals surface area contributed by atoms with Gasteiger partial charge in [0.1, 0.15) is 5.56 Å². The second-order valence-corrected chi connectivity index (χ2v) is 4.62. The number of nitrogens with one attached hydrogen (secondary N) is 1. The molecule has 0 bridgehead atoms. The first kappa shape index (κ1) is 13.4. The summed E-state index contributed by atoms with van der Waals surface area (Å²) >= 11 is 1.66. The highest BCUT2D eigenvalue weighted by Crippen LogP contribution is 2.19. The topological polar surface area (TPSA) is 51.2 Å². The highest BCUT2D eigenvalue weighted by atomic mass is 32.2. The van der Waals surface area contributed by atoms with Gasteiger partial charge in [-0.05, 0) is 42.7 Å². The van der Waals surface area contributed by atoms with Crippen LogP contribution in [0.1, 0.15) is 10.4 Å². The molecular formula is C14H14N2O2S. The molecule has 0 saturated carbocycles. The first-order valence-corrected chi connectivity index (χ1v) is 6.91. The Morgan fingerprint density at radius 1 is 1.26 bits per heavy atom. The van der Waals surface area contributed by atoms with E-state index in [4.69, 9.17) is 4.74 Å². The van der Waals surface area contributed by atoms with Gasteiger partial charge in [-0.15, -0.1) is 11.8 Å². The van der Waals surface area contributed by atoms with Crippen LogP contribution in [0.3, 0.4) is 0 Å². The Hall–Kier alpha value is -2.01. The summed E-state index contributed by atoms with van der Waals surface area (Å²) in [7, 11) is 1.49. The van der Waals surface area contributed by atoms with E-state index < -0.39 is 0 Å². The summed E-state index contributed by atoms with van der Waals surface area (Å²) < 4.78 is 5.07. The predicted octanol–water partition coefficient (Wildman–Crippen LogP) is 3.06. The summed E-state index contributed by atoms with van der Waals surface area (Å²) in [6.07, 6.45) is 3.59. The van der Waals surface area contributed by atoms with Gasteiger partial charge < -0.3 is 10.1 Å². The lowest BCUT2D eigenvalue weighted by atomic mass is 10.2. The number of anilines is 1. The quantitative estimate of drug-likeness (QED) is 0.871. The summed E-state index contributed by atoms with van der Waals surface area (Å²) in [4.78, 5) is 17.3. The number of thioether (sulfide) groups is 1. The van der Waals surface area contributed by atoms with Crippen LogP contribution in [-0.2, 0) is 0 Å². The van der Waals surface area contributed by atoms with Crippen LogP contribution in [0, 0.1) is 0 Å². The number of hydrogen-bond donors (Lipinski definition) is 1. The molecule has 0 saturated heterocycles. The summed E-state index contributed by atoms with van der Waals surface area (Å²) in [6, 6.07) is 11.0. The summed E-state index contributed by atoms with van der Waals surface area (Å²) in [6.45, 7) is 0. The maximum Gasteiger partial charge on any atom is 0.261 e. The third kappa shape index (κ3) is 3.26. The summed E-state index contributed by atoms with van der Waals surface area (Å²) in [5, 5.41) is 2.82. The van der Waals surface area contributed by atoms with Gasteiger partial charge in [-0.1, -0.05) is 0 Å². The predicted molar refractivity (Wildman–Crippen MR) is 77.0 cm³/mol. The third-order valence-corrected chi connectivity index (χ3v) is 3.30. The SMILES string of the molecule is COc1ncccc1C(=O)Nc1ccc(SC)cc1. The lowest BCUT2D eigenvalue weighted by molar-refractivity contribution is 0.102. The molecule has 1 heterocycles. The molecule has 0 spiro atoms. The summed E-state index contributed by atoms with van der Waals surface area (Å²) in [5.41, 5.74) is 1.16. The van der Waals surface area contributed by atoms with Crippen molar-refractivity contribution >= 4 is 23.4 Å². The van der Waals surface area contributed by atoms with Gasteiger partial charge in [0.2, 0.25) is 5.88 Å². The Morgan fingerprint density at radius 2 is 2.00 bits per heavy atom. The molecule has 1 N–H and O–H groups in total. The molecule has 2 aromatic rings. The Labute approximate surface area is 116 Å². The fourth-order valence-electron chi connectivity index (χ4n) is 1.60. The zero-order chi connectivity index (χ0) is 13.7. The maximum atomic E-state index is 12.1. The van der Waals surface area contributed by atoms with Gasteiger partial charge in [-0.2, -0.15) is 0 Å². The maximum absolute atomic E-state index is 12.1. The van der Waals surface area contributed by atoms with Gasteiger partial charge in [0.15, 0.2) is 0 Å². The fourth-order valence-corrected chi connectivity index (χ4v) is 2.01. The highest BCUT2D eigenvalue weighted by Gasteiger charge is 2.12. The van der Waals surface area contributed by atoms with Crippen molar-refractivity contribution in [2.75, 3.05) is 18.7 Å². The largest absolute Gasteiger partial charge is 0.480 e. The van der Waals surface area contributed by atoms with Gasteiger partial charge in [-0.3, -0.25) is 4.79 Å².